The van der Waals surface area contributed by atoms with Gasteiger partial charge in [-0.15, -0.1) is 11.3 Å². The lowest BCUT2D eigenvalue weighted by Crippen LogP contribution is -2.26. The molecule has 0 saturated carbocycles. The van der Waals surface area contributed by atoms with Crippen LogP contribution in [0.25, 0.3) is 5.57 Å². The van der Waals surface area contributed by atoms with E-state index >= 15 is 0 Å². The van der Waals surface area contributed by atoms with E-state index in [9.17, 15) is 18.3 Å². The topological polar surface area (TPSA) is 96.4 Å². The minimum atomic E-state index is -3.80. The number of thioether (sulfide) groups is 1. The highest BCUT2D eigenvalue weighted by Crippen LogP contribution is 2.26. The van der Waals surface area contributed by atoms with Crippen LogP contribution in [0, 0.1) is 13.8 Å². The van der Waals surface area contributed by atoms with Crippen LogP contribution in [0.5, 0.6) is 0 Å². The van der Waals surface area contributed by atoms with Gasteiger partial charge in [0.05, 0.1) is 21.7 Å². The highest BCUT2D eigenvalue weighted by atomic mass is 32.2. The van der Waals surface area contributed by atoms with E-state index < -0.39 is 16.0 Å². The highest BCUT2D eigenvalue weighted by Gasteiger charge is 2.19. The van der Waals surface area contributed by atoms with Crippen molar-refractivity contribution >= 4 is 44.7 Å². The summed E-state index contributed by atoms with van der Waals surface area (Å²) < 4.78 is 28.4. The van der Waals surface area contributed by atoms with E-state index in [-0.39, 0.29) is 17.0 Å². The number of aryl methyl sites for hydroxylation is 1. The van der Waals surface area contributed by atoms with Gasteiger partial charge in [-0.3, -0.25) is 0 Å². The molecule has 0 radical (unpaired) electrons. The molecule has 2 N–H and O–H groups in total. The molecule has 0 fully saturated rings. The van der Waals surface area contributed by atoms with Crippen LogP contribution in [0.2, 0.25) is 0 Å². The van der Waals surface area contributed by atoms with Crippen LogP contribution in [-0.4, -0.2) is 36.8 Å². The maximum Gasteiger partial charge on any atom is 0.336 e. The Bertz CT molecular complexity index is 1200. The quantitative estimate of drug-likeness (QED) is 0.364. The predicted octanol–water partition coefficient (Wildman–Crippen LogP) is 3.79. The van der Waals surface area contributed by atoms with E-state index in [0.717, 1.165) is 15.6 Å². The van der Waals surface area contributed by atoms with Crippen molar-refractivity contribution in [3.63, 3.8) is 0 Å². The smallest absolute Gasteiger partial charge is 0.336 e. The first-order valence-corrected chi connectivity index (χ1v) is 11.9. The summed E-state index contributed by atoms with van der Waals surface area (Å²) in [6.07, 6.45) is 5.55. The van der Waals surface area contributed by atoms with E-state index in [2.05, 4.69) is 21.2 Å². The molecular weight excluding hydrogens is 428 g/mol. The summed E-state index contributed by atoms with van der Waals surface area (Å²) >= 11 is 2.93. The van der Waals surface area contributed by atoms with Crippen LogP contribution < -0.4 is 4.72 Å². The summed E-state index contributed by atoms with van der Waals surface area (Å²) in [5.74, 6) is -0.654. The van der Waals surface area contributed by atoms with Crippen LogP contribution >= 0.6 is 23.1 Å². The zero-order valence-electron chi connectivity index (χ0n) is 15.7. The van der Waals surface area contributed by atoms with Crippen LogP contribution in [-0.2, 0) is 10.0 Å². The van der Waals surface area contributed by atoms with Gasteiger partial charge in [0.25, 0.3) is 0 Å². The number of carbonyl (C=O) groups is 1. The average Bonchev–Trinajstić information content (AvgIpc) is 3.16. The molecule has 0 bridgehead atoms. The fourth-order valence-corrected chi connectivity index (χ4v) is 5.57. The van der Waals surface area contributed by atoms with Gasteiger partial charge in [-0.05, 0) is 49.3 Å². The molecule has 6 nitrogen and oxygen atoms in total. The van der Waals surface area contributed by atoms with Gasteiger partial charge in [-0.25, -0.2) is 22.9 Å². The Morgan fingerprint density at radius 3 is 2.83 bits per heavy atom. The third-order valence-electron chi connectivity index (χ3n) is 4.21. The maximum absolute atomic E-state index is 12.5. The van der Waals surface area contributed by atoms with Crippen molar-refractivity contribution in [1.82, 2.24) is 9.71 Å². The normalized spacial score (nSPS) is 13.0. The summed E-state index contributed by atoms with van der Waals surface area (Å²) in [5.41, 5.74) is 8.73. The standard InChI is InChI=1S/C20H18N2O4S3/c1-13-10-16(11-17(14(13)2)19(23)24)29(25,26)21-8-9-27-20-22-18(12-28-20)15-6-4-3-5-7-15/h3-4,6,10-12,21H,8-9H2,1-2H3,(H,23,24). The first-order valence-electron chi connectivity index (χ1n) is 8.59. The summed E-state index contributed by atoms with van der Waals surface area (Å²) in [5, 5.41) is 11.2. The van der Waals surface area contributed by atoms with Crippen LogP contribution in [0.4, 0.5) is 0 Å². The molecule has 0 unspecified atom stereocenters. The third kappa shape index (κ3) is 5.16. The average molecular weight is 447 g/mol. The number of nitrogens with one attached hydrogen (secondary N) is 1. The van der Waals surface area contributed by atoms with Gasteiger partial charge in [0.2, 0.25) is 10.0 Å². The lowest BCUT2D eigenvalue weighted by atomic mass is 10.0. The van der Waals surface area contributed by atoms with E-state index in [1.807, 2.05) is 17.5 Å². The number of hydrogen-bond acceptors (Lipinski definition) is 6. The SMILES string of the molecule is Cc1cc(S(=O)(=O)NCCSc2nc(C3=C=C=CC=C3)cs2)cc(C(=O)O)c1C. The summed E-state index contributed by atoms with van der Waals surface area (Å²) in [7, 11) is -3.80. The molecule has 0 aliphatic heterocycles. The van der Waals surface area contributed by atoms with Crippen LogP contribution in [0.3, 0.4) is 0 Å². The Labute approximate surface area is 177 Å². The summed E-state index contributed by atoms with van der Waals surface area (Å²) in [6, 6.07) is 2.68. The number of rotatable bonds is 8. The largest absolute Gasteiger partial charge is 0.478 e. The fourth-order valence-electron chi connectivity index (χ4n) is 2.55. The first-order chi connectivity index (χ1) is 13.8. The Morgan fingerprint density at radius 1 is 1.34 bits per heavy atom. The van der Waals surface area contributed by atoms with Crippen LogP contribution in [0.1, 0.15) is 27.2 Å². The number of allylic oxidation sites excluding steroid dienone is 4. The van der Waals surface area contributed by atoms with E-state index in [0.29, 0.717) is 16.9 Å². The van der Waals surface area contributed by atoms with E-state index in [1.165, 1.54) is 35.2 Å². The van der Waals surface area contributed by atoms with Gasteiger partial charge in [-0.2, -0.15) is 0 Å². The molecule has 0 amide bonds. The Morgan fingerprint density at radius 2 is 2.14 bits per heavy atom. The first kappa shape index (κ1) is 21.3. The molecule has 3 rings (SSSR count). The number of aromatic carboxylic acids is 1. The number of carboxylic acid groups (broad SMARTS) is 1. The summed E-state index contributed by atoms with van der Waals surface area (Å²) in [6.45, 7) is 3.55. The van der Waals surface area contributed by atoms with Crippen molar-refractivity contribution in [1.29, 1.82) is 0 Å². The monoisotopic (exact) mass is 446 g/mol. The van der Waals surface area contributed by atoms with Crippen molar-refractivity contribution in [3.8, 4) is 0 Å². The molecule has 150 valence electrons. The summed E-state index contributed by atoms with van der Waals surface area (Å²) in [4.78, 5) is 15.8. The Balaban J connectivity index is 1.61. The number of aromatic nitrogens is 1. The second-order valence-electron chi connectivity index (χ2n) is 6.17. The van der Waals surface area contributed by atoms with Crippen molar-refractivity contribution in [2.45, 2.75) is 23.1 Å². The molecule has 1 heterocycles. The van der Waals surface area contributed by atoms with E-state index in [4.69, 9.17) is 0 Å². The van der Waals surface area contributed by atoms with Gasteiger partial charge in [0.15, 0.2) is 4.34 Å². The number of carboxylic acids is 1. The lowest BCUT2D eigenvalue weighted by molar-refractivity contribution is 0.0695. The molecule has 1 aliphatic rings. The van der Waals surface area contributed by atoms with Gasteiger partial charge in [0.1, 0.15) is 0 Å². The van der Waals surface area contributed by atoms with Gasteiger partial charge >= 0.3 is 5.97 Å². The molecule has 1 aliphatic carbocycles. The zero-order valence-corrected chi connectivity index (χ0v) is 18.2. The van der Waals surface area contributed by atoms with Crippen molar-refractivity contribution in [2.24, 2.45) is 0 Å². The van der Waals surface area contributed by atoms with Crippen molar-refractivity contribution in [3.05, 3.63) is 69.6 Å². The molecule has 0 saturated heterocycles. The minimum absolute atomic E-state index is 0.00923. The zero-order chi connectivity index (χ0) is 21.0. The van der Waals surface area contributed by atoms with E-state index in [1.54, 1.807) is 19.9 Å². The van der Waals surface area contributed by atoms with Crippen LogP contribution in [0.15, 0.2) is 56.4 Å². The second-order valence-corrected chi connectivity index (χ2v) is 10.1. The number of hydrogen-bond donors (Lipinski definition) is 2. The predicted molar refractivity (Wildman–Crippen MR) is 115 cm³/mol. The maximum atomic E-state index is 12.5. The molecular formula is C20H18N2O4S3. The third-order valence-corrected chi connectivity index (χ3v) is 7.67. The molecule has 9 heteroatoms. The molecule has 2 aromatic rings. The Kier molecular flexibility index (Phi) is 6.59. The molecule has 1 aromatic heterocycles. The van der Waals surface area contributed by atoms with Crippen molar-refractivity contribution < 1.29 is 18.3 Å². The minimum Gasteiger partial charge on any atom is -0.478 e. The highest BCUT2D eigenvalue weighted by molar-refractivity contribution is 8.01. The molecule has 1 aromatic carbocycles. The van der Waals surface area contributed by atoms with Crippen molar-refractivity contribution in [2.75, 3.05) is 12.3 Å². The number of benzene rings is 1. The van der Waals surface area contributed by atoms with Gasteiger partial charge in [-0.1, -0.05) is 29.3 Å². The molecule has 29 heavy (non-hydrogen) atoms. The lowest BCUT2D eigenvalue weighted by Gasteiger charge is -2.11. The second kappa shape index (κ2) is 8.97. The molecule has 0 atom stereocenters. The number of sulfonamides is 1. The fraction of sp³-hybridized carbons (Fsp3) is 0.200. The number of nitrogens with zero attached hydrogens (tertiary/aromatic N) is 1. The van der Waals surface area contributed by atoms with Gasteiger partial charge in [0, 0.05) is 17.7 Å². The number of thiazole rings is 1. The van der Waals surface area contributed by atoms with Gasteiger partial charge < -0.3 is 5.11 Å². The Hall–Kier alpha value is -2.38. The molecule has 0 spiro atoms.